The molecule has 280 valence electrons. The van der Waals surface area contributed by atoms with Crippen molar-refractivity contribution in [1.29, 1.82) is 0 Å². The van der Waals surface area contributed by atoms with Gasteiger partial charge in [0.15, 0.2) is 5.79 Å². The lowest BCUT2D eigenvalue weighted by Crippen LogP contribution is -2.58. The van der Waals surface area contributed by atoms with E-state index < -0.39 is 66.3 Å². The molecule has 0 saturated carbocycles. The molecule has 2 aliphatic rings. The molecule has 1 saturated heterocycles. The predicted molar refractivity (Wildman–Crippen MR) is 190 cm³/mol. The second-order valence-corrected chi connectivity index (χ2v) is 14.4. The molecule has 10 nitrogen and oxygen atoms in total. The minimum atomic E-state index is -1.86. The second kappa shape index (κ2) is 19.3. The Morgan fingerprint density at radius 2 is 1.76 bits per heavy atom. The summed E-state index contributed by atoms with van der Waals surface area (Å²) >= 11 is 0. The number of allylic oxidation sites excluding steroid dienone is 6. The fourth-order valence-electron chi connectivity index (χ4n) is 7.18. The van der Waals surface area contributed by atoms with Crippen LogP contribution in [0.15, 0.2) is 59.4 Å². The standard InChI is InChI=1S/C39H64O10/c1-12-15-31-26(7)30(40)21-39(45,49-31)28(9)36(43)27(8)37-32(46-10)17-14-16-22(3)18-24(5)34(41)29(13-2)35(42)25(6)19-23(4)20-33(47-11)38(44)48-37/h12,14-17,19-20,24-32,34-37,40-43,45H,13,18,21H2,1-11H3/b15-12+,17-14-,22-16-,23-19-,33-20+/t24-,25-,26+,27+,28+,29+,30-,31-,32+,34+,35-,36-,37?,39-/m1/s1. The molecule has 0 aromatic carbocycles. The van der Waals surface area contributed by atoms with Crippen LogP contribution in [0.1, 0.15) is 81.6 Å². The summed E-state index contributed by atoms with van der Waals surface area (Å²) in [5.41, 5.74) is 1.64. The molecule has 0 aliphatic carbocycles. The molecule has 0 radical (unpaired) electrons. The quantitative estimate of drug-likeness (QED) is 0.173. The van der Waals surface area contributed by atoms with Crippen LogP contribution < -0.4 is 0 Å². The average Bonchev–Trinajstić information content (AvgIpc) is 3.05. The van der Waals surface area contributed by atoms with Gasteiger partial charge in [-0.2, -0.15) is 0 Å². The Kier molecular flexibility index (Phi) is 16.9. The normalized spacial score (nSPS) is 41.8. The number of methoxy groups -OCH3 is 2. The molecule has 0 aromatic rings. The van der Waals surface area contributed by atoms with E-state index in [9.17, 15) is 30.3 Å². The Morgan fingerprint density at radius 1 is 1.10 bits per heavy atom. The van der Waals surface area contributed by atoms with Crippen LogP contribution in [0.3, 0.4) is 0 Å². The molecule has 2 heterocycles. The fraction of sp³-hybridized carbons (Fsp3) is 0.718. The second-order valence-electron chi connectivity index (χ2n) is 14.4. The molecule has 14 atom stereocenters. The molecule has 0 amide bonds. The third-order valence-corrected chi connectivity index (χ3v) is 10.6. The molecule has 49 heavy (non-hydrogen) atoms. The minimum absolute atomic E-state index is 0.0906. The number of ether oxygens (including phenoxy) is 4. The molecule has 2 aliphatic heterocycles. The first-order chi connectivity index (χ1) is 23.0. The third-order valence-electron chi connectivity index (χ3n) is 10.6. The SMILES string of the molecule is C/C=C/[C@H]1O[C@@](O)([C@@H](C)[C@H](O)[C@H](C)C2OC(=O)/C(OC)=C\C(C)=C/[C@@H](C)[C@@H](O)[C@@H](CC)[C@@H](O)[C@H](C)C/C(C)=C\C=C/[C@@H]2OC)C[C@@H](O)[C@@H]1C. The average molecular weight is 693 g/mol. The predicted octanol–water partition coefficient (Wildman–Crippen LogP) is 5.00. The van der Waals surface area contributed by atoms with Gasteiger partial charge in [-0.05, 0) is 45.6 Å². The van der Waals surface area contributed by atoms with Crippen molar-refractivity contribution in [1.82, 2.24) is 0 Å². The molecule has 0 aromatic heterocycles. The van der Waals surface area contributed by atoms with Crippen LogP contribution in [0.25, 0.3) is 0 Å². The van der Waals surface area contributed by atoms with E-state index in [1.54, 1.807) is 45.1 Å². The van der Waals surface area contributed by atoms with Gasteiger partial charge >= 0.3 is 5.97 Å². The summed E-state index contributed by atoms with van der Waals surface area (Å²) in [5.74, 6) is -5.49. The zero-order valence-electron chi connectivity index (χ0n) is 31.4. The molecule has 10 heteroatoms. The first kappa shape index (κ1) is 42.9. The van der Waals surface area contributed by atoms with Crippen LogP contribution >= 0.6 is 0 Å². The van der Waals surface area contributed by atoms with E-state index in [1.165, 1.54) is 20.3 Å². The molecule has 0 spiro atoms. The van der Waals surface area contributed by atoms with Gasteiger partial charge in [0.1, 0.15) is 12.2 Å². The van der Waals surface area contributed by atoms with E-state index in [-0.39, 0.29) is 35.9 Å². The lowest BCUT2D eigenvalue weighted by molar-refractivity contribution is -0.313. The van der Waals surface area contributed by atoms with E-state index in [2.05, 4.69) is 0 Å². The summed E-state index contributed by atoms with van der Waals surface area (Å²) < 4.78 is 23.4. The molecular weight excluding hydrogens is 628 g/mol. The van der Waals surface area contributed by atoms with Crippen molar-refractivity contribution in [3.8, 4) is 0 Å². The fourth-order valence-corrected chi connectivity index (χ4v) is 7.18. The highest BCUT2D eigenvalue weighted by Gasteiger charge is 2.50. The van der Waals surface area contributed by atoms with Crippen molar-refractivity contribution in [2.24, 2.45) is 35.5 Å². The van der Waals surface area contributed by atoms with Gasteiger partial charge in [0.25, 0.3) is 0 Å². The lowest BCUT2D eigenvalue weighted by Gasteiger charge is -2.47. The number of rotatable bonds is 8. The number of carbonyl (C=O) groups is 1. The Morgan fingerprint density at radius 3 is 2.33 bits per heavy atom. The highest BCUT2D eigenvalue weighted by molar-refractivity contribution is 5.87. The maximum atomic E-state index is 13.7. The van der Waals surface area contributed by atoms with Crippen molar-refractivity contribution in [3.05, 3.63) is 59.4 Å². The van der Waals surface area contributed by atoms with E-state index in [0.717, 1.165) is 5.57 Å². The minimum Gasteiger partial charge on any atom is -0.490 e. The van der Waals surface area contributed by atoms with Gasteiger partial charge in [-0.15, -0.1) is 0 Å². The molecule has 1 fully saturated rings. The summed E-state index contributed by atoms with van der Waals surface area (Å²) in [7, 11) is 2.84. The maximum Gasteiger partial charge on any atom is 0.373 e. The summed E-state index contributed by atoms with van der Waals surface area (Å²) in [5, 5.41) is 56.7. The molecule has 1 unspecified atom stereocenters. The summed E-state index contributed by atoms with van der Waals surface area (Å²) in [6.45, 7) is 16.6. The number of hydrogen-bond donors (Lipinski definition) is 5. The molecule has 2 rings (SSSR count). The zero-order chi connectivity index (χ0) is 37.2. The van der Waals surface area contributed by atoms with Gasteiger partial charge in [-0.25, -0.2) is 4.79 Å². The Hall–Kier alpha value is -2.31. The summed E-state index contributed by atoms with van der Waals surface area (Å²) in [6, 6.07) is 0. The lowest BCUT2D eigenvalue weighted by atomic mass is 9.77. The van der Waals surface area contributed by atoms with E-state index in [0.29, 0.717) is 18.4 Å². The van der Waals surface area contributed by atoms with Gasteiger partial charge < -0.3 is 44.5 Å². The van der Waals surface area contributed by atoms with Crippen molar-refractivity contribution < 1.29 is 49.3 Å². The number of cyclic esters (lactones) is 1. The number of hydrogen-bond acceptors (Lipinski definition) is 10. The van der Waals surface area contributed by atoms with E-state index in [1.807, 2.05) is 53.7 Å². The van der Waals surface area contributed by atoms with Crippen LogP contribution in [-0.4, -0.2) is 94.2 Å². The van der Waals surface area contributed by atoms with Gasteiger partial charge in [0, 0.05) is 43.1 Å². The number of aliphatic hydroxyl groups is 5. The van der Waals surface area contributed by atoms with Crippen LogP contribution in [0.2, 0.25) is 0 Å². The Labute approximate surface area is 294 Å². The van der Waals surface area contributed by atoms with Crippen LogP contribution in [0.4, 0.5) is 0 Å². The van der Waals surface area contributed by atoms with E-state index in [4.69, 9.17) is 18.9 Å². The van der Waals surface area contributed by atoms with Gasteiger partial charge in [-0.3, -0.25) is 0 Å². The first-order valence-electron chi connectivity index (χ1n) is 17.7. The molecule has 0 bridgehead atoms. The smallest absolute Gasteiger partial charge is 0.373 e. The number of carbonyl (C=O) groups excluding carboxylic acids is 1. The largest absolute Gasteiger partial charge is 0.490 e. The van der Waals surface area contributed by atoms with Crippen molar-refractivity contribution in [2.45, 2.75) is 130 Å². The zero-order valence-corrected chi connectivity index (χ0v) is 31.4. The van der Waals surface area contributed by atoms with E-state index >= 15 is 0 Å². The van der Waals surface area contributed by atoms with Gasteiger partial charge in [0.05, 0.1) is 37.6 Å². The highest BCUT2D eigenvalue weighted by atomic mass is 16.6. The topological polar surface area (TPSA) is 155 Å². The van der Waals surface area contributed by atoms with Gasteiger partial charge in [-0.1, -0.05) is 89.1 Å². The first-order valence-corrected chi connectivity index (χ1v) is 17.7. The van der Waals surface area contributed by atoms with Crippen molar-refractivity contribution in [3.63, 3.8) is 0 Å². The van der Waals surface area contributed by atoms with Crippen molar-refractivity contribution >= 4 is 5.97 Å². The van der Waals surface area contributed by atoms with Crippen LogP contribution in [0, 0.1) is 35.5 Å². The van der Waals surface area contributed by atoms with Gasteiger partial charge in [0.2, 0.25) is 5.76 Å². The number of esters is 1. The third kappa shape index (κ3) is 11.1. The molecule has 5 N–H and O–H groups in total. The monoisotopic (exact) mass is 692 g/mol. The Bertz CT molecular complexity index is 1210. The Balaban J connectivity index is 2.59. The van der Waals surface area contributed by atoms with Crippen molar-refractivity contribution in [2.75, 3.05) is 14.2 Å². The molecular formula is C39H64O10. The maximum absolute atomic E-state index is 13.7. The summed E-state index contributed by atoms with van der Waals surface area (Å²) in [4.78, 5) is 13.7. The van der Waals surface area contributed by atoms with Crippen LogP contribution in [0.5, 0.6) is 0 Å². The van der Waals surface area contributed by atoms with Crippen LogP contribution in [-0.2, 0) is 23.7 Å². The summed E-state index contributed by atoms with van der Waals surface area (Å²) in [6.07, 6.45) is 7.35. The highest BCUT2D eigenvalue weighted by Crippen LogP contribution is 2.40. The number of aliphatic hydroxyl groups excluding tert-OH is 4.